The molecule has 11 nitrogen and oxygen atoms in total. The van der Waals surface area contributed by atoms with E-state index in [1.807, 2.05) is 29.3 Å². The van der Waals surface area contributed by atoms with Crippen LogP contribution < -0.4 is 22.1 Å². The third-order valence-electron chi connectivity index (χ3n) is 6.88. The second-order valence-electron chi connectivity index (χ2n) is 9.19. The zero-order valence-corrected chi connectivity index (χ0v) is 19.6. The van der Waals surface area contributed by atoms with Gasteiger partial charge in [0, 0.05) is 43.2 Å². The number of hydrogen-bond acceptors (Lipinski definition) is 6. The van der Waals surface area contributed by atoms with Crippen molar-refractivity contribution in [2.24, 2.45) is 4.99 Å². The summed E-state index contributed by atoms with van der Waals surface area (Å²) >= 11 is 0. The quantitative estimate of drug-likeness (QED) is 0.374. The van der Waals surface area contributed by atoms with Crippen molar-refractivity contribution in [3.63, 3.8) is 0 Å². The number of carbonyl (C=O) groups excluding carboxylic acids is 2. The Morgan fingerprint density at radius 2 is 1.91 bits per heavy atom. The van der Waals surface area contributed by atoms with E-state index in [1.54, 1.807) is 6.92 Å². The van der Waals surface area contributed by atoms with Crippen LogP contribution in [0.1, 0.15) is 41.0 Å². The Bertz CT molecular complexity index is 1320. The summed E-state index contributed by atoms with van der Waals surface area (Å²) in [5.74, 6) is 0.0907. The molecule has 11 heteroatoms. The number of guanidine groups is 1. The van der Waals surface area contributed by atoms with Crippen molar-refractivity contribution in [1.82, 2.24) is 30.5 Å². The van der Waals surface area contributed by atoms with Crippen molar-refractivity contribution < 1.29 is 9.59 Å². The molecule has 0 unspecified atom stereocenters. The zero-order valence-electron chi connectivity index (χ0n) is 19.6. The number of amides is 2. The molecule has 2 aliphatic rings. The molecule has 2 fully saturated rings. The van der Waals surface area contributed by atoms with Gasteiger partial charge >= 0.3 is 5.91 Å². The molecule has 0 bridgehead atoms. The van der Waals surface area contributed by atoms with Crippen LogP contribution in [-0.2, 0) is 11.2 Å². The van der Waals surface area contributed by atoms with Crippen molar-refractivity contribution in [3.8, 4) is 0 Å². The molecule has 0 aliphatic carbocycles. The summed E-state index contributed by atoms with van der Waals surface area (Å²) in [4.78, 5) is 42.8. The lowest BCUT2D eigenvalue weighted by Gasteiger charge is -2.38. The first-order valence-corrected chi connectivity index (χ1v) is 11.7. The number of para-hydroxylation sites is 1. The number of anilines is 2. The van der Waals surface area contributed by atoms with Gasteiger partial charge in [0.15, 0.2) is 17.5 Å². The summed E-state index contributed by atoms with van der Waals surface area (Å²) in [6, 6.07) is 8.13. The van der Waals surface area contributed by atoms with E-state index in [4.69, 9.17) is 11.5 Å². The summed E-state index contributed by atoms with van der Waals surface area (Å²) in [5, 5.41) is 7.68. The van der Waals surface area contributed by atoms with Crippen molar-refractivity contribution in [1.29, 1.82) is 0 Å². The third kappa shape index (κ3) is 4.48. The molecule has 5 rings (SSSR count). The molecule has 0 atom stereocenters. The van der Waals surface area contributed by atoms with Gasteiger partial charge in [-0.05, 0) is 37.8 Å². The van der Waals surface area contributed by atoms with Crippen LogP contribution in [-0.4, -0.2) is 62.8 Å². The van der Waals surface area contributed by atoms with E-state index in [0.717, 1.165) is 23.9 Å². The number of hydrogen-bond donors (Lipinski definition) is 5. The third-order valence-corrected chi connectivity index (χ3v) is 6.88. The van der Waals surface area contributed by atoms with Crippen molar-refractivity contribution in [2.45, 2.75) is 38.1 Å². The van der Waals surface area contributed by atoms with Crippen molar-refractivity contribution in [3.05, 3.63) is 47.4 Å². The number of aryl methyl sites for hydroxylation is 2. The minimum Gasteiger partial charge on any atom is -0.382 e. The average molecular weight is 476 g/mol. The van der Waals surface area contributed by atoms with Crippen LogP contribution in [0.4, 0.5) is 11.6 Å². The number of benzene rings is 1. The molecule has 4 heterocycles. The number of aliphatic imine (C=N–C) groups is 1. The Morgan fingerprint density at radius 3 is 2.71 bits per heavy atom. The van der Waals surface area contributed by atoms with Crippen LogP contribution >= 0.6 is 0 Å². The predicted octanol–water partition coefficient (Wildman–Crippen LogP) is 1.11. The van der Waals surface area contributed by atoms with Gasteiger partial charge in [-0.3, -0.25) is 9.59 Å². The van der Waals surface area contributed by atoms with E-state index in [2.05, 4.69) is 36.6 Å². The highest BCUT2D eigenvalue weighted by molar-refractivity contribution is 6.04. The number of nitrogen functional groups attached to an aromatic ring is 2. The first kappa shape index (κ1) is 22.6. The number of H-pyrrole nitrogens is 1. The molecule has 1 aromatic carbocycles. The van der Waals surface area contributed by atoms with E-state index in [9.17, 15) is 9.59 Å². The molecule has 0 saturated carbocycles. The van der Waals surface area contributed by atoms with E-state index in [0.29, 0.717) is 44.1 Å². The minimum absolute atomic E-state index is 0.0237. The molecule has 3 aromatic rings. The van der Waals surface area contributed by atoms with Crippen LogP contribution in [0, 0.1) is 6.92 Å². The van der Waals surface area contributed by atoms with E-state index in [1.165, 1.54) is 5.39 Å². The van der Waals surface area contributed by atoms with Crippen LogP contribution in [0.2, 0.25) is 0 Å². The van der Waals surface area contributed by atoms with Gasteiger partial charge in [-0.15, -0.1) is 0 Å². The number of nitrogens with two attached hydrogens (primary N) is 2. The number of nitrogens with one attached hydrogen (secondary N) is 3. The number of aromatic nitrogens is 3. The van der Waals surface area contributed by atoms with Crippen LogP contribution in [0.15, 0.2) is 35.5 Å². The molecule has 2 aliphatic heterocycles. The van der Waals surface area contributed by atoms with Gasteiger partial charge in [0.05, 0.1) is 11.2 Å². The van der Waals surface area contributed by atoms with Crippen LogP contribution in [0.3, 0.4) is 0 Å². The summed E-state index contributed by atoms with van der Waals surface area (Å²) in [6.07, 6.45) is 4.69. The number of aromatic amines is 1. The second-order valence-corrected chi connectivity index (χ2v) is 9.19. The minimum atomic E-state index is -0.588. The maximum atomic E-state index is 12.9. The standard InChI is InChI=1S/C24H29N9O2/c1-14-20(25)30-21(26)19(29-14)22(35)31-23-28-13-24(32-23)8-10-33(11-9-24)18(34)7-6-15-12-27-17-5-3-2-4-16(15)17/h2-5,12,27H,6-11,13H2,1H3,(H4,25,26,30)(H2,28,31,32,35). The largest absolute Gasteiger partial charge is 0.382 e. The van der Waals surface area contributed by atoms with E-state index < -0.39 is 5.91 Å². The number of piperidine rings is 1. The van der Waals surface area contributed by atoms with Crippen molar-refractivity contribution in [2.75, 3.05) is 31.1 Å². The number of nitrogens with zero attached hydrogens (tertiary/aromatic N) is 4. The first-order chi connectivity index (χ1) is 16.8. The summed E-state index contributed by atoms with van der Waals surface area (Å²) in [6.45, 7) is 3.58. The molecule has 1 spiro atoms. The Balaban J connectivity index is 1.16. The fourth-order valence-corrected chi connectivity index (χ4v) is 4.74. The van der Waals surface area contributed by atoms with Crippen molar-refractivity contribution >= 4 is 40.3 Å². The highest BCUT2D eigenvalue weighted by atomic mass is 16.2. The summed E-state index contributed by atoms with van der Waals surface area (Å²) in [5.41, 5.74) is 13.9. The van der Waals surface area contributed by atoms with Gasteiger partial charge in [-0.1, -0.05) is 18.2 Å². The molecule has 2 saturated heterocycles. The number of fused-ring (bicyclic) bond motifs is 1. The molecule has 7 N–H and O–H groups in total. The Morgan fingerprint density at radius 1 is 1.14 bits per heavy atom. The number of likely N-dealkylation sites (tertiary alicyclic amines) is 1. The van der Waals surface area contributed by atoms with Crippen LogP contribution in [0.25, 0.3) is 10.9 Å². The lowest BCUT2D eigenvalue weighted by molar-refractivity contribution is -0.132. The van der Waals surface area contributed by atoms with E-state index in [-0.39, 0.29) is 28.8 Å². The zero-order chi connectivity index (χ0) is 24.6. The maximum Gasteiger partial charge on any atom is 0.302 e. The van der Waals surface area contributed by atoms with Crippen LogP contribution in [0.5, 0.6) is 0 Å². The average Bonchev–Trinajstić information content (AvgIpc) is 3.44. The second kappa shape index (κ2) is 8.90. The van der Waals surface area contributed by atoms with Gasteiger partial charge in [0.2, 0.25) is 5.91 Å². The highest BCUT2D eigenvalue weighted by Gasteiger charge is 2.40. The topological polar surface area (TPSA) is 167 Å². The fraction of sp³-hybridized carbons (Fsp3) is 0.375. The smallest absolute Gasteiger partial charge is 0.302 e. The Hall–Kier alpha value is -4.15. The van der Waals surface area contributed by atoms with Gasteiger partial charge in [0.25, 0.3) is 0 Å². The monoisotopic (exact) mass is 475 g/mol. The Kier molecular flexibility index (Phi) is 5.75. The SMILES string of the molecule is Cc1nc(C(=O)/N=C2\NCC3(CCN(C(=O)CCc4c[nH]c5ccccc45)CC3)N2)c(N)nc1N. The molecular formula is C24H29N9O2. The normalized spacial score (nSPS) is 18.1. The molecule has 182 valence electrons. The van der Waals surface area contributed by atoms with Gasteiger partial charge in [-0.25, -0.2) is 9.97 Å². The maximum absolute atomic E-state index is 12.9. The summed E-state index contributed by atoms with van der Waals surface area (Å²) in [7, 11) is 0. The number of rotatable bonds is 4. The highest BCUT2D eigenvalue weighted by Crippen LogP contribution is 2.26. The molecule has 2 amide bonds. The lowest BCUT2D eigenvalue weighted by atomic mass is 9.88. The Labute approximate surface area is 202 Å². The van der Waals surface area contributed by atoms with Gasteiger partial charge in [0.1, 0.15) is 5.82 Å². The predicted molar refractivity (Wildman–Crippen MR) is 134 cm³/mol. The van der Waals surface area contributed by atoms with E-state index >= 15 is 0 Å². The molecule has 0 radical (unpaired) electrons. The van der Waals surface area contributed by atoms with Gasteiger partial charge in [-0.2, -0.15) is 4.99 Å². The molecule has 2 aromatic heterocycles. The summed E-state index contributed by atoms with van der Waals surface area (Å²) < 4.78 is 0. The lowest BCUT2D eigenvalue weighted by Crippen LogP contribution is -2.53. The molecule has 35 heavy (non-hydrogen) atoms. The fourth-order valence-electron chi connectivity index (χ4n) is 4.74. The van der Waals surface area contributed by atoms with Gasteiger partial charge < -0.3 is 32.0 Å². The molecular weight excluding hydrogens is 446 g/mol. The first-order valence-electron chi connectivity index (χ1n) is 11.7. The number of carbonyl (C=O) groups is 2.